The van der Waals surface area contributed by atoms with Crippen LogP contribution in [-0.2, 0) is 6.54 Å². The second-order valence-corrected chi connectivity index (χ2v) is 5.65. The number of rotatable bonds is 6. The highest BCUT2D eigenvalue weighted by Crippen LogP contribution is 2.11. The van der Waals surface area contributed by atoms with Gasteiger partial charge < -0.3 is 10.2 Å². The van der Waals surface area contributed by atoms with Crippen LogP contribution in [0, 0.1) is 6.92 Å². The maximum absolute atomic E-state index is 12.2. The van der Waals surface area contributed by atoms with Crippen LogP contribution in [0.4, 0.5) is 5.69 Å². The van der Waals surface area contributed by atoms with Crippen molar-refractivity contribution in [3.63, 3.8) is 0 Å². The van der Waals surface area contributed by atoms with Crippen molar-refractivity contribution >= 4 is 11.6 Å². The molecule has 0 saturated carbocycles. The Kier molecular flexibility index (Phi) is 5.73. The van der Waals surface area contributed by atoms with Crippen LogP contribution in [-0.4, -0.2) is 19.0 Å². The van der Waals surface area contributed by atoms with Crippen LogP contribution in [0.1, 0.15) is 35.3 Å². The van der Waals surface area contributed by atoms with Gasteiger partial charge in [-0.2, -0.15) is 0 Å². The fraction of sp³-hybridized carbons (Fsp3) is 0.316. The monoisotopic (exact) mass is 297 g/mol. The van der Waals surface area contributed by atoms with E-state index in [-0.39, 0.29) is 5.91 Å². The minimum absolute atomic E-state index is 0.0675. The zero-order chi connectivity index (χ0) is 15.9. The highest BCUT2D eigenvalue weighted by atomic mass is 16.1. The minimum Gasteiger partial charge on any atom is -0.332 e. The Balaban J connectivity index is 1.98. The van der Waals surface area contributed by atoms with Crippen molar-refractivity contribution in [1.29, 1.82) is 0 Å². The molecule has 3 nitrogen and oxygen atoms in total. The molecule has 0 spiro atoms. The lowest BCUT2D eigenvalue weighted by atomic mass is 10.1. The van der Waals surface area contributed by atoms with Gasteiger partial charge in [-0.1, -0.05) is 29.8 Å². The fourth-order valence-electron chi connectivity index (χ4n) is 2.40. The molecule has 0 radical (unpaired) electrons. The van der Waals surface area contributed by atoms with Gasteiger partial charge in [0.25, 0.3) is 5.91 Å². The molecule has 3 heteroatoms. The molecule has 0 atom stereocenters. The van der Waals surface area contributed by atoms with Crippen LogP contribution in [0.25, 0.3) is 0 Å². The van der Waals surface area contributed by atoms with Gasteiger partial charge in [0, 0.05) is 16.8 Å². The van der Waals surface area contributed by atoms with Crippen LogP contribution in [0.5, 0.6) is 0 Å². The first-order valence-electron chi connectivity index (χ1n) is 7.93. The molecule has 22 heavy (non-hydrogen) atoms. The summed E-state index contributed by atoms with van der Waals surface area (Å²) in [6.07, 6.45) is 0. The number of hydrogen-bond donors (Lipinski definition) is 2. The van der Waals surface area contributed by atoms with Crippen molar-refractivity contribution in [2.45, 2.75) is 27.3 Å². The molecule has 2 rings (SSSR count). The number of hydrogen-bond acceptors (Lipinski definition) is 1. The number of benzene rings is 2. The van der Waals surface area contributed by atoms with Gasteiger partial charge in [-0.05, 0) is 45.0 Å². The lowest BCUT2D eigenvalue weighted by Gasteiger charge is -2.15. The van der Waals surface area contributed by atoms with Crippen molar-refractivity contribution in [3.05, 3.63) is 65.2 Å². The number of quaternary nitrogens is 1. The molecule has 0 saturated heterocycles. The van der Waals surface area contributed by atoms with Crippen LogP contribution < -0.4 is 10.2 Å². The average Bonchev–Trinajstić information content (AvgIpc) is 2.54. The zero-order valence-electron chi connectivity index (χ0n) is 13.6. The van der Waals surface area contributed by atoms with E-state index in [9.17, 15) is 4.79 Å². The van der Waals surface area contributed by atoms with E-state index < -0.39 is 0 Å². The third-order valence-electron chi connectivity index (χ3n) is 3.98. The van der Waals surface area contributed by atoms with E-state index in [1.165, 1.54) is 5.56 Å². The molecule has 0 unspecified atom stereocenters. The molecule has 2 aromatic carbocycles. The summed E-state index contributed by atoms with van der Waals surface area (Å²) in [4.78, 5) is 13.7. The first-order chi connectivity index (χ1) is 10.6. The predicted octanol–water partition coefficient (Wildman–Crippen LogP) is 2.67. The molecule has 0 aromatic heterocycles. The lowest BCUT2D eigenvalue weighted by Crippen LogP contribution is -3.10. The van der Waals surface area contributed by atoms with E-state index in [1.54, 1.807) is 4.90 Å². The van der Waals surface area contributed by atoms with Crippen molar-refractivity contribution in [3.8, 4) is 0 Å². The average molecular weight is 297 g/mol. The molecule has 0 heterocycles. The highest BCUT2D eigenvalue weighted by Gasteiger charge is 2.07. The summed E-state index contributed by atoms with van der Waals surface area (Å²) in [7, 11) is 0. The zero-order valence-corrected chi connectivity index (χ0v) is 13.6. The molecule has 0 aliphatic carbocycles. The highest BCUT2D eigenvalue weighted by molar-refractivity contribution is 6.04. The number of nitrogens with one attached hydrogen (secondary N) is 2. The Hall–Kier alpha value is -2.13. The quantitative estimate of drug-likeness (QED) is 0.844. The maximum atomic E-state index is 12.2. The fourth-order valence-corrected chi connectivity index (χ4v) is 2.40. The van der Waals surface area contributed by atoms with Crippen LogP contribution in [0.2, 0.25) is 0 Å². The Bertz CT molecular complexity index is 598. The summed E-state index contributed by atoms with van der Waals surface area (Å²) in [5.41, 5.74) is 3.97. The normalized spacial score (nSPS) is 10.7. The second kappa shape index (κ2) is 7.76. The molecule has 116 valence electrons. The Morgan fingerprint density at radius 2 is 1.55 bits per heavy atom. The van der Waals surface area contributed by atoms with E-state index in [1.807, 2.05) is 43.3 Å². The predicted molar refractivity (Wildman–Crippen MR) is 91.3 cm³/mol. The third kappa shape index (κ3) is 4.43. The smallest absolute Gasteiger partial charge is 0.255 e. The van der Waals surface area contributed by atoms with E-state index in [2.05, 4.69) is 31.3 Å². The summed E-state index contributed by atoms with van der Waals surface area (Å²) in [5, 5.41) is 2.94. The van der Waals surface area contributed by atoms with E-state index in [0.29, 0.717) is 5.56 Å². The number of aryl methyl sites for hydroxylation is 1. The Morgan fingerprint density at radius 1 is 0.955 bits per heavy atom. The first kappa shape index (κ1) is 16.2. The van der Waals surface area contributed by atoms with E-state index in [4.69, 9.17) is 0 Å². The van der Waals surface area contributed by atoms with Gasteiger partial charge in [0.1, 0.15) is 6.54 Å². The van der Waals surface area contributed by atoms with E-state index in [0.717, 1.165) is 30.9 Å². The summed E-state index contributed by atoms with van der Waals surface area (Å²) in [6.45, 7) is 9.70. The van der Waals surface area contributed by atoms with Gasteiger partial charge in [-0.3, -0.25) is 4.79 Å². The van der Waals surface area contributed by atoms with E-state index >= 15 is 0 Å². The Labute approximate surface area is 133 Å². The molecular weight excluding hydrogens is 272 g/mol. The second-order valence-electron chi connectivity index (χ2n) is 5.65. The van der Waals surface area contributed by atoms with Crippen LogP contribution in [0.3, 0.4) is 0 Å². The molecule has 2 N–H and O–H groups in total. The molecular formula is C19H25N2O+. The maximum Gasteiger partial charge on any atom is 0.255 e. The standard InChI is InChI=1S/C19H24N2O/c1-4-21(5-2)14-16-8-12-18(13-9-16)20-19(22)17-10-6-15(3)7-11-17/h6-13H,4-5,14H2,1-3H3,(H,20,22)/p+1. The van der Waals surface area contributed by atoms with Crippen LogP contribution >= 0.6 is 0 Å². The van der Waals surface area contributed by atoms with Gasteiger partial charge in [-0.25, -0.2) is 0 Å². The third-order valence-corrected chi connectivity index (χ3v) is 3.98. The van der Waals surface area contributed by atoms with Crippen LogP contribution in [0.15, 0.2) is 48.5 Å². The number of anilines is 1. The van der Waals surface area contributed by atoms with Crippen molar-refractivity contribution in [2.75, 3.05) is 18.4 Å². The molecule has 0 bridgehead atoms. The summed E-state index contributed by atoms with van der Waals surface area (Å²) < 4.78 is 0. The van der Waals surface area contributed by atoms with Crippen molar-refractivity contribution in [2.24, 2.45) is 0 Å². The topological polar surface area (TPSA) is 33.5 Å². The minimum atomic E-state index is -0.0675. The van der Waals surface area contributed by atoms with Crippen molar-refractivity contribution in [1.82, 2.24) is 0 Å². The number of carbonyl (C=O) groups excluding carboxylic acids is 1. The molecule has 0 aliphatic rings. The van der Waals surface area contributed by atoms with Gasteiger partial charge >= 0.3 is 0 Å². The Morgan fingerprint density at radius 3 is 2.09 bits per heavy atom. The van der Waals surface area contributed by atoms with Gasteiger partial charge in [0.05, 0.1) is 13.1 Å². The number of carbonyl (C=O) groups is 1. The molecule has 2 aromatic rings. The van der Waals surface area contributed by atoms with Gasteiger partial charge in [0.2, 0.25) is 0 Å². The summed E-state index contributed by atoms with van der Waals surface area (Å²) in [5.74, 6) is -0.0675. The molecule has 1 amide bonds. The SMILES string of the molecule is CC[NH+](CC)Cc1ccc(NC(=O)c2ccc(C)cc2)cc1. The lowest BCUT2D eigenvalue weighted by molar-refractivity contribution is -0.910. The largest absolute Gasteiger partial charge is 0.332 e. The number of amides is 1. The van der Waals surface area contributed by atoms with Gasteiger partial charge in [0.15, 0.2) is 0 Å². The summed E-state index contributed by atoms with van der Waals surface area (Å²) in [6, 6.07) is 15.7. The molecule has 0 fully saturated rings. The first-order valence-corrected chi connectivity index (χ1v) is 7.93. The van der Waals surface area contributed by atoms with Gasteiger partial charge in [-0.15, -0.1) is 0 Å². The van der Waals surface area contributed by atoms with Crippen molar-refractivity contribution < 1.29 is 9.69 Å². The summed E-state index contributed by atoms with van der Waals surface area (Å²) >= 11 is 0. The molecule has 0 aliphatic heterocycles.